The maximum absolute atomic E-state index is 14.1. The number of piperazine rings is 1. The molecule has 168 valence electrons. The summed E-state index contributed by atoms with van der Waals surface area (Å²) < 4.78 is 19.3. The van der Waals surface area contributed by atoms with Gasteiger partial charge in [-0.3, -0.25) is 14.9 Å². The highest BCUT2D eigenvalue weighted by Gasteiger charge is 2.42. The van der Waals surface area contributed by atoms with Crippen molar-refractivity contribution in [1.29, 1.82) is 0 Å². The van der Waals surface area contributed by atoms with Gasteiger partial charge in [-0.2, -0.15) is 0 Å². The molecule has 4 rings (SSSR count). The average Bonchev–Trinajstić information content (AvgIpc) is 2.79. The second-order valence-electron chi connectivity index (χ2n) is 7.95. The lowest BCUT2D eigenvalue weighted by atomic mass is 9.91. The second-order valence-corrected chi connectivity index (χ2v) is 7.95. The average molecular weight is 439 g/mol. The van der Waals surface area contributed by atoms with Crippen molar-refractivity contribution in [3.05, 3.63) is 65.5 Å². The van der Waals surface area contributed by atoms with Gasteiger partial charge in [0.25, 0.3) is 0 Å². The van der Waals surface area contributed by atoms with Gasteiger partial charge in [-0.1, -0.05) is 42.0 Å². The molecular formula is C24H27FN4O3. The van der Waals surface area contributed by atoms with Crippen molar-refractivity contribution in [2.75, 3.05) is 37.7 Å². The van der Waals surface area contributed by atoms with Crippen LogP contribution in [0.4, 0.5) is 10.1 Å². The zero-order valence-electron chi connectivity index (χ0n) is 18.3. The van der Waals surface area contributed by atoms with E-state index in [1.54, 1.807) is 19.1 Å². The Bertz CT molecular complexity index is 1020. The highest BCUT2D eigenvalue weighted by Crippen LogP contribution is 2.31. The van der Waals surface area contributed by atoms with Crippen molar-refractivity contribution >= 4 is 23.5 Å². The van der Waals surface area contributed by atoms with E-state index in [0.717, 1.165) is 11.1 Å². The lowest BCUT2D eigenvalue weighted by Gasteiger charge is -2.39. The molecule has 2 aromatic rings. The Labute approximate surface area is 186 Å². The van der Waals surface area contributed by atoms with E-state index in [1.165, 1.54) is 6.07 Å². The monoisotopic (exact) mass is 438 g/mol. The molecule has 0 aromatic heterocycles. The van der Waals surface area contributed by atoms with Gasteiger partial charge in [0.15, 0.2) is 5.92 Å². The Morgan fingerprint density at radius 3 is 2.41 bits per heavy atom. The zero-order valence-corrected chi connectivity index (χ0v) is 18.3. The van der Waals surface area contributed by atoms with Crippen molar-refractivity contribution in [2.45, 2.75) is 19.9 Å². The SMILES string of the molecule is CCOC(=O)[C@@H]1C(=O)NC(N2CCN(c3ccccc3F)CC2)=N[C@H]1c1ccc(C)cc1. The number of nitrogens with one attached hydrogen (secondary N) is 1. The Balaban J connectivity index is 1.56. The fraction of sp³-hybridized carbons (Fsp3) is 0.375. The van der Waals surface area contributed by atoms with E-state index in [1.807, 2.05) is 47.1 Å². The van der Waals surface area contributed by atoms with Gasteiger partial charge in [0.2, 0.25) is 11.9 Å². The summed E-state index contributed by atoms with van der Waals surface area (Å²) in [6.07, 6.45) is 0. The van der Waals surface area contributed by atoms with Gasteiger partial charge in [-0.05, 0) is 31.5 Å². The van der Waals surface area contributed by atoms with Crippen LogP contribution in [0.1, 0.15) is 24.1 Å². The third-order valence-electron chi connectivity index (χ3n) is 5.83. The number of para-hydroxylation sites is 1. The van der Waals surface area contributed by atoms with Crippen LogP contribution in [0.5, 0.6) is 0 Å². The standard InChI is InChI=1S/C24H27FN4O3/c1-3-32-23(31)20-21(17-10-8-16(2)9-11-17)26-24(27-22(20)30)29-14-12-28(13-15-29)19-7-5-4-6-18(19)25/h4-11,20-21H,3,12-15H2,1-2H3,(H,26,27,30)/t20-,21-/m0/s1. The summed E-state index contributed by atoms with van der Waals surface area (Å²) in [5, 5.41) is 2.80. The number of esters is 1. The predicted octanol–water partition coefficient (Wildman–Crippen LogP) is 2.66. The maximum atomic E-state index is 14.1. The van der Waals surface area contributed by atoms with Gasteiger partial charge in [-0.15, -0.1) is 0 Å². The van der Waals surface area contributed by atoms with Crippen molar-refractivity contribution in [3.8, 4) is 0 Å². The van der Waals surface area contributed by atoms with E-state index in [0.29, 0.717) is 37.8 Å². The molecule has 0 unspecified atom stereocenters. The molecule has 2 heterocycles. The largest absolute Gasteiger partial charge is 0.465 e. The van der Waals surface area contributed by atoms with Crippen LogP contribution in [0.25, 0.3) is 0 Å². The number of hydrogen-bond acceptors (Lipinski definition) is 6. The van der Waals surface area contributed by atoms with Crippen LogP contribution in [-0.2, 0) is 14.3 Å². The minimum Gasteiger partial charge on any atom is -0.465 e. The first kappa shape index (κ1) is 21.8. The summed E-state index contributed by atoms with van der Waals surface area (Å²) in [6.45, 7) is 6.19. The number of guanidine groups is 1. The van der Waals surface area contributed by atoms with E-state index < -0.39 is 23.8 Å². The first-order valence-corrected chi connectivity index (χ1v) is 10.8. The molecule has 0 saturated carbocycles. The number of anilines is 1. The van der Waals surface area contributed by atoms with E-state index in [9.17, 15) is 14.0 Å². The number of nitrogens with zero attached hydrogens (tertiary/aromatic N) is 3. The number of aliphatic imine (C=N–C) groups is 1. The minimum absolute atomic E-state index is 0.192. The van der Waals surface area contributed by atoms with Crippen molar-refractivity contribution in [2.24, 2.45) is 10.9 Å². The quantitative estimate of drug-likeness (QED) is 0.587. The maximum Gasteiger partial charge on any atom is 0.321 e. The van der Waals surface area contributed by atoms with Crippen molar-refractivity contribution < 1.29 is 18.7 Å². The Kier molecular flexibility index (Phi) is 6.39. The number of ether oxygens (including phenoxy) is 1. The summed E-state index contributed by atoms with van der Waals surface area (Å²) in [6, 6.07) is 13.7. The minimum atomic E-state index is -1.04. The Morgan fingerprint density at radius 1 is 1.09 bits per heavy atom. The molecule has 0 aliphatic carbocycles. The van der Waals surface area contributed by atoms with Crippen LogP contribution in [0.15, 0.2) is 53.5 Å². The lowest BCUT2D eigenvalue weighted by Crippen LogP contribution is -2.57. The summed E-state index contributed by atoms with van der Waals surface area (Å²) in [5.41, 5.74) is 2.43. The van der Waals surface area contributed by atoms with Gasteiger partial charge >= 0.3 is 5.97 Å². The molecule has 0 spiro atoms. The number of carbonyl (C=O) groups excluding carboxylic acids is 2. The highest BCUT2D eigenvalue weighted by atomic mass is 19.1. The van der Waals surface area contributed by atoms with E-state index in [2.05, 4.69) is 5.32 Å². The van der Waals surface area contributed by atoms with Gasteiger partial charge in [0.05, 0.1) is 12.3 Å². The molecule has 2 aliphatic heterocycles. The van der Waals surface area contributed by atoms with Crippen LogP contribution < -0.4 is 10.2 Å². The highest BCUT2D eigenvalue weighted by molar-refractivity contribution is 6.08. The number of benzene rings is 2. The normalized spacial score (nSPS) is 21.1. The molecule has 1 amide bonds. The van der Waals surface area contributed by atoms with E-state index in [4.69, 9.17) is 9.73 Å². The summed E-state index contributed by atoms with van der Waals surface area (Å²) in [5.74, 6) is -1.85. The molecule has 7 nitrogen and oxygen atoms in total. The van der Waals surface area contributed by atoms with Crippen LogP contribution in [0.3, 0.4) is 0 Å². The molecule has 1 fully saturated rings. The number of amides is 1. The van der Waals surface area contributed by atoms with E-state index in [-0.39, 0.29) is 12.4 Å². The molecular weight excluding hydrogens is 411 g/mol. The fourth-order valence-corrected chi connectivity index (χ4v) is 4.10. The molecule has 1 N–H and O–H groups in total. The van der Waals surface area contributed by atoms with Gasteiger partial charge in [0.1, 0.15) is 11.9 Å². The summed E-state index contributed by atoms with van der Waals surface area (Å²) >= 11 is 0. The predicted molar refractivity (Wildman–Crippen MR) is 120 cm³/mol. The smallest absolute Gasteiger partial charge is 0.321 e. The zero-order chi connectivity index (χ0) is 22.7. The first-order valence-electron chi connectivity index (χ1n) is 10.8. The molecule has 2 aromatic carbocycles. The molecule has 2 atom stereocenters. The molecule has 8 heteroatoms. The van der Waals surface area contributed by atoms with Crippen LogP contribution >= 0.6 is 0 Å². The van der Waals surface area contributed by atoms with Crippen LogP contribution in [0.2, 0.25) is 0 Å². The van der Waals surface area contributed by atoms with Gasteiger partial charge in [0, 0.05) is 26.2 Å². The number of hydrogen-bond donors (Lipinski definition) is 1. The first-order chi connectivity index (χ1) is 15.5. The molecule has 2 aliphatic rings. The summed E-state index contributed by atoms with van der Waals surface area (Å²) in [7, 11) is 0. The molecule has 0 radical (unpaired) electrons. The fourth-order valence-electron chi connectivity index (χ4n) is 4.10. The lowest BCUT2D eigenvalue weighted by molar-refractivity contribution is -0.153. The number of halogens is 1. The second kappa shape index (κ2) is 9.38. The van der Waals surface area contributed by atoms with Gasteiger partial charge in [-0.25, -0.2) is 9.38 Å². The number of carbonyl (C=O) groups is 2. The molecule has 32 heavy (non-hydrogen) atoms. The van der Waals surface area contributed by atoms with E-state index >= 15 is 0 Å². The number of rotatable bonds is 4. The van der Waals surface area contributed by atoms with Crippen LogP contribution in [0, 0.1) is 18.7 Å². The third kappa shape index (κ3) is 4.44. The summed E-state index contributed by atoms with van der Waals surface area (Å²) in [4.78, 5) is 34.3. The van der Waals surface area contributed by atoms with Crippen molar-refractivity contribution in [1.82, 2.24) is 10.2 Å². The van der Waals surface area contributed by atoms with Crippen LogP contribution in [-0.4, -0.2) is 55.5 Å². The topological polar surface area (TPSA) is 74.2 Å². The third-order valence-corrected chi connectivity index (χ3v) is 5.83. The molecule has 1 saturated heterocycles. The molecule has 0 bridgehead atoms. The Morgan fingerprint density at radius 2 is 1.75 bits per heavy atom. The number of aryl methyl sites for hydroxylation is 1. The van der Waals surface area contributed by atoms with Crippen molar-refractivity contribution in [3.63, 3.8) is 0 Å². The van der Waals surface area contributed by atoms with Gasteiger partial charge < -0.3 is 14.5 Å². The Hall–Kier alpha value is -3.42.